The van der Waals surface area contributed by atoms with Crippen LogP contribution in [-0.4, -0.2) is 115 Å². The van der Waals surface area contributed by atoms with Gasteiger partial charge in [-0.05, 0) is 0 Å². The van der Waals surface area contributed by atoms with Gasteiger partial charge in [-0.2, -0.15) is 0 Å². The van der Waals surface area contributed by atoms with Crippen molar-refractivity contribution >= 4 is 0 Å². The molecule has 2 aliphatic heterocycles. The SMILES string of the molecule is OC[C@H]1O[C@H](O[C@H]2[C@H](O)[C@H](O)[C@H](O)O[C@@H]2CO)[C@H](O)[C@@H](O)[C@@H]1O. The lowest BCUT2D eigenvalue weighted by molar-refractivity contribution is -0.355. The van der Waals surface area contributed by atoms with Crippen molar-refractivity contribution in [2.45, 2.75) is 61.4 Å². The van der Waals surface area contributed by atoms with Crippen molar-refractivity contribution in [2.75, 3.05) is 13.2 Å². The summed E-state index contributed by atoms with van der Waals surface area (Å²) >= 11 is 0. The summed E-state index contributed by atoms with van der Waals surface area (Å²) < 4.78 is 15.3. The zero-order valence-electron chi connectivity index (χ0n) is 12.0. The lowest BCUT2D eigenvalue weighted by Crippen LogP contribution is -2.64. The standard InChI is InChI=1S/C12H22O11/c13-1-3-5(15)6(16)9(19)12(22-3)23-10-4(2-14)21-11(20)8(18)7(10)17/h3-20H,1-2H2/t3-,4-,5-,6+,7-,8+,9-,10-,11-,12-/m1/s1. The van der Waals surface area contributed by atoms with Gasteiger partial charge in [0.15, 0.2) is 12.6 Å². The molecule has 0 unspecified atom stereocenters. The molecule has 8 N–H and O–H groups in total. The molecule has 0 amide bonds. The average molecular weight is 342 g/mol. The maximum Gasteiger partial charge on any atom is 0.187 e. The minimum absolute atomic E-state index is 0.667. The fraction of sp³-hybridized carbons (Fsp3) is 1.00. The molecule has 23 heavy (non-hydrogen) atoms. The molecule has 10 atom stereocenters. The molecule has 136 valence electrons. The summed E-state index contributed by atoms with van der Waals surface area (Å²) in [5.74, 6) is 0. The van der Waals surface area contributed by atoms with Gasteiger partial charge in [0.05, 0.1) is 13.2 Å². The van der Waals surface area contributed by atoms with Crippen molar-refractivity contribution < 1.29 is 55.1 Å². The van der Waals surface area contributed by atoms with Gasteiger partial charge in [0.2, 0.25) is 0 Å². The van der Waals surface area contributed by atoms with Crippen molar-refractivity contribution in [1.29, 1.82) is 0 Å². The van der Waals surface area contributed by atoms with Gasteiger partial charge < -0.3 is 55.1 Å². The zero-order valence-corrected chi connectivity index (χ0v) is 12.0. The Morgan fingerprint density at radius 2 is 1.26 bits per heavy atom. The van der Waals surface area contributed by atoms with E-state index in [0.29, 0.717) is 0 Å². The monoisotopic (exact) mass is 342 g/mol. The van der Waals surface area contributed by atoms with E-state index in [2.05, 4.69) is 0 Å². The molecule has 0 spiro atoms. The van der Waals surface area contributed by atoms with Gasteiger partial charge in [-0.3, -0.25) is 0 Å². The van der Waals surface area contributed by atoms with Crippen molar-refractivity contribution in [3.8, 4) is 0 Å². The summed E-state index contributed by atoms with van der Waals surface area (Å²) in [5, 5.41) is 76.5. The third-order valence-corrected chi connectivity index (χ3v) is 3.98. The normalized spacial score (nSPS) is 51.7. The van der Waals surface area contributed by atoms with E-state index in [1.807, 2.05) is 0 Å². The van der Waals surface area contributed by atoms with Crippen LogP contribution in [0.5, 0.6) is 0 Å². The molecule has 0 aliphatic carbocycles. The predicted octanol–water partition coefficient (Wildman–Crippen LogP) is -5.40. The maximum atomic E-state index is 9.94. The van der Waals surface area contributed by atoms with E-state index in [-0.39, 0.29) is 0 Å². The van der Waals surface area contributed by atoms with Gasteiger partial charge in [0, 0.05) is 0 Å². The zero-order chi connectivity index (χ0) is 17.3. The van der Waals surface area contributed by atoms with Crippen LogP contribution in [0.4, 0.5) is 0 Å². The molecule has 0 aromatic heterocycles. The summed E-state index contributed by atoms with van der Waals surface area (Å²) in [6, 6.07) is 0. The van der Waals surface area contributed by atoms with Crippen LogP contribution in [0.15, 0.2) is 0 Å². The van der Waals surface area contributed by atoms with E-state index in [1.165, 1.54) is 0 Å². The van der Waals surface area contributed by atoms with Gasteiger partial charge in [0.1, 0.15) is 48.8 Å². The molecule has 2 saturated heterocycles. The van der Waals surface area contributed by atoms with Crippen molar-refractivity contribution in [3.63, 3.8) is 0 Å². The van der Waals surface area contributed by atoms with Gasteiger partial charge in [-0.25, -0.2) is 0 Å². The summed E-state index contributed by atoms with van der Waals surface area (Å²) in [7, 11) is 0. The molecule has 0 aromatic carbocycles. The number of aliphatic hydroxyl groups is 8. The molecule has 2 rings (SSSR count). The lowest BCUT2D eigenvalue weighted by Gasteiger charge is -2.45. The molecule has 2 fully saturated rings. The number of ether oxygens (including phenoxy) is 3. The van der Waals surface area contributed by atoms with Crippen LogP contribution in [0.2, 0.25) is 0 Å². The number of hydrogen-bond donors (Lipinski definition) is 8. The highest BCUT2D eigenvalue weighted by Gasteiger charge is 2.50. The molecule has 0 radical (unpaired) electrons. The van der Waals surface area contributed by atoms with Gasteiger partial charge in [-0.15, -0.1) is 0 Å². The first kappa shape index (κ1) is 18.9. The Morgan fingerprint density at radius 1 is 0.652 bits per heavy atom. The summed E-state index contributed by atoms with van der Waals surface area (Å²) in [6.45, 7) is -1.35. The third kappa shape index (κ3) is 3.65. The Hall–Kier alpha value is -0.440. The molecular formula is C12H22O11. The van der Waals surface area contributed by atoms with E-state index in [9.17, 15) is 35.7 Å². The minimum atomic E-state index is -1.74. The summed E-state index contributed by atoms with van der Waals surface area (Å²) in [5.41, 5.74) is 0. The molecule has 0 saturated carbocycles. The Balaban J connectivity index is 2.11. The van der Waals surface area contributed by atoms with Crippen LogP contribution < -0.4 is 0 Å². The largest absolute Gasteiger partial charge is 0.394 e. The summed E-state index contributed by atoms with van der Waals surface area (Å²) in [6.07, 6.45) is -15.6. The van der Waals surface area contributed by atoms with Crippen molar-refractivity contribution in [2.24, 2.45) is 0 Å². The molecular weight excluding hydrogens is 320 g/mol. The van der Waals surface area contributed by atoms with Crippen LogP contribution in [0.25, 0.3) is 0 Å². The lowest BCUT2D eigenvalue weighted by atomic mass is 9.97. The van der Waals surface area contributed by atoms with Crippen LogP contribution in [0.1, 0.15) is 0 Å². The highest BCUT2D eigenvalue weighted by atomic mass is 16.7. The minimum Gasteiger partial charge on any atom is -0.394 e. The molecule has 11 nitrogen and oxygen atoms in total. The number of hydrogen-bond acceptors (Lipinski definition) is 11. The molecule has 2 aliphatic rings. The Bertz CT molecular complexity index is 378. The third-order valence-electron chi connectivity index (χ3n) is 3.98. The first-order chi connectivity index (χ1) is 10.8. The van der Waals surface area contributed by atoms with Crippen LogP contribution >= 0.6 is 0 Å². The number of aliphatic hydroxyl groups excluding tert-OH is 8. The second-order valence-corrected chi connectivity index (χ2v) is 5.53. The average Bonchev–Trinajstić information content (AvgIpc) is 2.55. The second-order valence-electron chi connectivity index (χ2n) is 5.53. The van der Waals surface area contributed by atoms with Gasteiger partial charge >= 0.3 is 0 Å². The van der Waals surface area contributed by atoms with E-state index in [4.69, 9.17) is 19.3 Å². The van der Waals surface area contributed by atoms with Crippen LogP contribution in [0.3, 0.4) is 0 Å². The van der Waals surface area contributed by atoms with E-state index >= 15 is 0 Å². The van der Waals surface area contributed by atoms with E-state index in [0.717, 1.165) is 0 Å². The molecule has 0 bridgehead atoms. The van der Waals surface area contributed by atoms with E-state index < -0.39 is 74.6 Å². The topological polar surface area (TPSA) is 190 Å². The molecule has 0 aromatic rings. The van der Waals surface area contributed by atoms with Crippen molar-refractivity contribution in [1.82, 2.24) is 0 Å². The quantitative estimate of drug-likeness (QED) is 0.243. The molecule has 2 heterocycles. The van der Waals surface area contributed by atoms with Gasteiger partial charge in [-0.1, -0.05) is 0 Å². The maximum absolute atomic E-state index is 9.94. The second kappa shape index (κ2) is 7.63. The van der Waals surface area contributed by atoms with Crippen LogP contribution in [0, 0.1) is 0 Å². The van der Waals surface area contributed by atoms with Crippen molar-refractivity contribution in [3.05, 3.63) is 0 Å². The predicted molar refractivity (Wildman–Crippen MR) is 68.6 cm³/mol. The Morgan fingerprint density at radius 3 is 1.83 bits per heavy atom. The number of rotatable bonds is 4. The smallest absolute Gasteiger partial charge is 0.187 e. The van der Waals surface area contributed by atoms with Crippen LogP contribution in [-0.2, 0) is 14.2 Å². The molecule has 11 heteroatoms. The fourth-order valence-electron chi connectivity index (χ4n) is 2.57. The Labute approximate surface area is 130 Å². The highest BCUT2D eigenvalue weighted by Crippen LogP contribution is 2.28. The first-order valence-corrected chi connectivity index (χ1v) is 7.08. The van der Waals surface area contributed by atoms with E-state index in [1.54, 1.807) is 0 Å². The first-order valence-electron chi connectivity index (χ1n) is 7.08. The van der Waals surface area contributed by atoms with Gasteiger partial charge in [0.25, 0.3) is 0 Å². The fourth-order valence-corrected chi connectivity index (χ4v) is 2.57. The highest BCUT2D eigenvalue weighted by molar-refractivity contribution is 4.93. The summed E-state index contributed by atoms with van der Waals surface area (Å²) in [4.78, 5) is 0. The Kier molecular flexibility index (Phi) is 6.27.